The van der Waals surface area contributed by atoms with Gasteiger partial charge in [0.25, 0.3) is 0 Å². The highest BCUT2D eigenvalue weighted by molar-refractivity contribution is 7.99. The fourth-order valence-electron chi connectivity index (χ4n) is 3.34. The van der Waals surface area contributed by atoms with Gasteiger partial charge < -0.3 is 19.4 Å². The van der Waals surface area contributed by atoms with Crippen molar-refractivity contribution in [3.63, 3.8) is 0 Å². The third kappa shape index (κ3) is 3.34. The Balaban J connectivity index is 1.29. The first-order valence-corrected chi connectivity index (χ1v) is 10.4. The number of Topliss-reactive ketones (excluding diaryl/α,β-unsaturated/α-hetero) is 1. The molecular formula is C19H20N4O4S. The topological polar surface area (TPSA) is 95.3 Å². The molecule has 28 heavy (non-hydrogen) atoms. The number of aromatic nitrogens is 3. The van der Waals surface area contributed by atoms with Gasteiger partial charge in [0.2, 0.25) is 12.7 Å². The van der Waals surface area contributed by atoms with Crippen LogP contribution in [0.15, 0.2) is 17.3 Å². The number of fused-ring (bicyclic) bond motifs is 1. The van der Waals surface area contributed by atoms with Crippen LogP contribution in [0.4, 0.5) is 5.69 Å². The third-order valence-corrected chi connectivity index (χ3v) is 5.99. The van der Waals surface area contributed by atoms with Gasteiger partial charge in [-0.3, -0.25) is 9.59 Å². The van der Waals surface area contributed by atoms with Gasteiger partial charge in [-0.05, 0) is 38.7 Å². The Morgan fingerprint density at radius 2 is 1.93 bits per heavy atom. The van der Waals surface area contributed by atoms with Crippen LogP contribution in [0.2, 0.25) is 0 Å². The molecule has 0 saturated heterocycles. The molecule has 1 aromatic heterocycles. The lowest BCUT2D eigenvalue weighted by Crippen LogP contribution is -2.16. The average molecular weight is 400 g/mol. The molecule has 2 aliphatic carbocycles. The minimum Gasteiger partial charge on any atom is -0.454 e. The number of hydrogen-bond acceptors (Lipinski definition) is 7. The van der Waals surface area contributed by atoms with Crippen LogP contribution in [-0.4, -0.2) is 39.0 Å². The van der Waals surface area contributed by atoms with E-state index in [0.717, 1.165) is 23.8 Å². The predicted octanol–water partition coefficient (Wildman–Crippen LogP) is 3.15. The number of anilines is 1. The van der Waals surface area contributed by atoms with E-state index in [0.29, 0.717) is 34.7 Å². The number of amides is 1. The molecule has 0 spiro atoms. The van der Waals surface area contributed by atoms with Gasteiger partial charge in [-0.1, -0.05) is 11.8 Å². The number of ketones is 1. The Morgan fingerprint density at radius 1 is 1.18 bits per heavy atom. The molecule has 1 aromatic carbocycles. The third-order valence-electron chi connectivity index (χ3n) is 5.04. The van der Waals surface area contributed by atoms with Crippen LogP contribution >= 0.6 is 11.8 Å². The molecule has 3 aliphatic rings. The van der Waals surface area contributed by atoms with Crippen LogP contribution in [-0.2, 0) is 4.79 Å². The van der Waals surface area contributed by atoms with Crippen molar-refractivity contribution in [3.8, 4) is 11.5 Å². The molecule has 2 aromatic rings. The highest BCUT2D eigenvalue weighted by atomic mass is 32.2. The molecule has 1 aliphatic heterocycles. The van der Waals surface area contributed by atoms with E-state index in [9.17, 15) is 9.59 Å². The van der Waals surface area contributed by atoms with Crippen molar-refractivity contribution in [3.05, 3.63) is 23.5 Å². The zero-order chi connectivity index (χ0) is 19.3. The first-order chi connectivity index (χ1) is 13.6. The van der Waals surface area contributed by atoms with Crippen molar-refractivity contribution in [2.45, 2.75) is 49.7 Å². The monoisotopic (exact) mass is 400 g/mol. The van der Waals surface area contributed by atoms with Crippen molar-refractivity contribution in [2.75, 3.05) is 17.9 Å². The minimum absolute atomic E-state index is 0.111. The number of carbonyl (C=O) groups is 2. The summed E-state index contributed by atoms with van der Waals surface area (Å²) in [5, 5.41) is 12.3. The first kappa shape index (κ1) is 17.5. The second kappa shape index (κ2) is 6.80. The lowest BCUT2D eigenvalue weighted by atomic mass is 10.1. The van der Waals surface area contributed by atoms with Crippen molar-refractivity contribution in [1.29, 1.82) is 0 Å². The Morgan fingerprint density at radius 3 is 2.61 bits per heavy atom. The van der Waals surface area contributed by atoms with Gasteiger partial charge in [-0.15, -0.1) is 10.2 Å². The first-order valence-electron chi connectivity index (χ1n) is 9.42. The zero-order valence-corrected chi connectivity index (χ0v) is 16.3. The fourth-order valence-corrected chi connectivity index (χ4v) is 4.15. The normalized spacial score (nSPS) is 17.6. The maximum Gasteiger partial charge on any atom is 0.234 e. The summed E-state index contributed by atoms with van der Waals surface area (Å²) < 4.78 is 12.9. The van der Waals surface area contributed by atoms with Crippen molar-refractivity contribution < 1.29 is 19.1 Å². The summed E-state index contributed by atoms with van der Waals surface area (Å²) in [6.07, 6.45) is 4.65. The second-order valence-electron chi connectivity index (χ2n) is 7.36. The highest BCUT2D eigenvalue weighted by Gasteiger charge is 2.36. The largest absolute Gasteiger partial charge is 0.454 e. The summed E-state index contributed by atoms with van der Waals surface area (Å²) in [5.41, 5.74) is 0.837. The number of benzene rings is 1. The van der Waals surface area contributed by atoms with Crippen LogP contribution in [0.5, 0.6) is 11.5 Å². The average Bonchev–Trinajstić information content (AvgIpc) is 3.60. The number of rotatable bonds is 7. The molecule has 5 rings (SSSR count). The molecule has 0 radical (unpaired) electrons. The lowest BCUT2D eigenvalue weighted by Gasteiger charge is -2.11. The summed E-state index contributed by atoms with van der Waals surface area (Å²) in [6.45, 7) is 1.57. The van der Waals surface area contributed by atoms with E-state index in [4.69, 9.17) is 9.47 Å². The van der Waals surface area contributed by atoms with Gasteiger partial charge in [0.1, 0.15) is 5.82 Å². The number of ether oxygens (including phenoxy) is 2. The number of nitrogens with one attached hydrogen (secondary N) is 1. The molecule has 8 nitrogen and oxygen atoms in total. The standard InChI is InChI=1S/C19H20N4O4S/c1-10(24)13-6-15-16(27-9-26-15)7-14(13)20-17(25)8-28-19-22-21-18(11-2-3-11)23(19)12-4-5-12/h6-7,11-12H,2-5,8-9H2,1H3,(H,20,25). The van der Waals surface area contributed by atoms with Crippen molar-refractivity contribution >= 4 is 29.1 Å². The molecule has 1 N–H and O–H groups in total. The van der Waals surface area contributed by atoms with Crippen LogP contribution < -0.4 is 14.8 Å². The van der Waals surface area contributed by atoms with Crippen molar-refractivity contribution in [2.24, 2.45) is 0 Å². The SMILES string of the molecule is CC(=O)c1cc2c(cc1NC(=O)CSc1nnc(C3CC3)n1C1CC1)OCO2. The van der Waals surface area contributed by atoms with Gasteiger partial charge >= 0.3 is 0 Å². The van der Waals surface area contributed by atoms with E-state index in [1.54, 1.807) is 12.1 Å². The summed E-state index contributed by atoms with van der Waals surface area (Å²) in [7, 11) is 0. The number of carbonyl (C=O) groups excluding carboxylic acids is 2. The van der Waals surface area contributed by atoms with Gasteiger partial charge in [0.05, 0.1) is 11.4 Å². The Hall–Kier alpha value is -2.55. The van der Waals surface area contributed by atoms with Crippen LogP contribution in [0.25, 0.3) is 0 Å². The summed E-state index contributed by atoms with van der Waals surface area (Å²) in [6, 6.07) is 3.73. The van der Waals surface area contributed by atoms with E-state index < -0.39 is 0 Å². The van der Waals surface area contributed by atoms with E-state index in [1.165, 1.54) is 31.5 Å². The predicted molar refractivity (Wildman–Crippen MR) is 102 cm³/mol. The van der Waals surface area contributed by atoms with E-state index >= 15 is 0 Å². The Labute approximate surface area is 166 Å². The quantitative estimate of drug-likeness (QED) is 0.563. The van der Waals surface area contributed by atoms with Crippen LogP contribution in [0.1, 0.15) is 60.7 Å². The Kier molecular flexibility index (Phi) is 4.26. The molecule has 1 amide bonds. The molecule has 2 saturated carbocycles. The van der Waals surface area contributed by atoms with E-state index in [-0.39, 0.29) is 24.2 Å². The maximum atomic E-state index is 12.5. The van der Waals surface area contributed by atoms with E-state index in [1.807, 2.05) is 0 Å². The highest BCUT2D eigenvalue weighted by Crippen LogP contribution is 2.46. The smallest absolute Gasteiger partial charge is 0.234 e. The van der Waals surface area contributed by atoms with Crippen molar-refractivity contribution in [1.82, 2.24) is 14.8 Å². The molecule has 2 fully saturated rings. The Bertz CT molecular complexity index is 965. The van der Waals surface area contributed by atoms with Gasteiger partial charge in [0.15, 0.2) is 22.4 Å². The van der Waals surface area contributed by atoms with Crippen LogP contribution in [0, 0.1) is 0 Å². The summed E-state index contributed by atoms with van der Waals surface area (Å²) in [4.78, 5) is 24.5. The molecule has 0 unspecified atom stereocenters. The molecular weight excluding hydrogens is 380 g/mol. The van der Waals surface area contributed by atoms with Gasteiger partial charge in [0, 0.05) is 23.6 Å². The number of thioether (sulfide) groups is 1. The molecule has 2 heterocycles. The number of hydrogen-bond donors (Lipinski definition) is 1. The van der Waals surface area contributed by atoms with Gasteiger partial charge in [-0.2, -0.15) is 0 Å². The minimum atomic E-state index is -0.204. The zero-order valence-electron chi connectivity index (χ0n) is 15.4. The molecule has 0 atom stereocenters. The fraction of sp³-hybridized carbons (Fsp3) is 0.474. The van der Waals surface area contributed by atoms with Crippen LogP contribution in [0.3, 0.4) is 0 Å². The molecule has 0 bridgehead atoms. The van der Waals surface area contributed by atoms with Gasteiger partial charge in [-0.25, -0.2) is 0 Å². The molecule has 9 heteroatoms. The number of nitrogens with zero attached hydrogens (tertiary/aromatic N) is 3. The second-order valence-corrected chi connectivity index (χ2v) is 8.30. The lowest BCUT2D eigenvalue weighted by molar-refractivity contribution is -0.113. The summed E-state index contributed by atoms with van der Waals surface area (Å²) in [5.74, 6) is 2.48. The van der Waals surface area contributed by atoms with E-state index in [2.05, 4.69) is 20.1 Å². The maximum absolute atomic E-state index is 12.5. The summed E-state index contributed by atoms with van der Waals surface area (Å²) >= 11 is 1.38. The molecule has 146 valence electrons.